The van der Waals surface area contributed by atoms with Crippen molar-refractivity contribution < 1.29 is 8.42 Å². The van der Waals surface area contributed by atoms with Crippen molar-refractivity contribution in [3.63, 3.8) is 0 Å². The zero-order valence-electron chi connectivity index (χ0n) is 19.0. The van der Waals surface area contributed by atoms with Crippen LogP contribution in [0, 0.1) is 0 Å². The molecule has 0 saturated carbocycles. The summed E-state index contributed by atoms with van der Waals surface area (Å²) in [4.78, 5) is 8.86. The molecule has 1 fully saturated rings. The number of guanidine groups is 1. The van der Waals surface area contributed by atoms with Crippen LogP contribution < -0.4 is 10.2 Å². The molecule has 2 aliphatic rings. The van der Waals surface area contributed by atoms with Gasteiger partial charge in [-0.15, -0.1) is 24.0 Å². The Kier molecular flexibility index (Phi) is 7.75. The molecule has 0 bridgehead atoms. The van der Waals surface area contributed by atoms with Crippen LogP contribution in [0.1, 0.15) is 30.5 Å². The third-order valence-electron chi connectivity index (χ3n) is 6.39. The maximum absolute atomic E-state index is 12.3. The van der Waals surface area contributed by atoms with Gasteiger partial charge in [-0.1, -0.05) is 42.5 Å². The number of para-hydroxylation sites is 1. The van der Waals surface area contributed by atoms with Gasteiger partial charge in [0, 0.05) is 45.5 Å². The topological polar surface area (TPSA) is 65.0 Å². The van der Waals surface area contributed by atoms with Crippen molar-refractivity contribution in [3.05, 3.63) is 65.2 Å². The normalized spacial score (nSPS) is 19.3. The molecule has 0 spiro atoms. The fourth-order valence-corrected chi connectivity index (χ4v) is 5.76. The number of benzene rings is 2. The highest BCUT2D eigenvalue weighted by Gasteiger charge is 2.40. The summed E-state index contributed by atoms with van der Waals surface area (Å²) in [5, 5.41) is 3.40. The Morgan fingerprint density at radius 1 is 1.06 bits per heavy atom. The lowest BCUT2D eigenvalue weighted by atomic mass is 10.1. The van der Waals surface area contributed by atoms with Gasteiger partial charge in [0.05, 0.1) is 10.5 Å². The summed E-state index contributed by atoms with van der Waals surface area (Å²) < 4.78 is 23.8. The molecule has 0 aromatic heterocycles. The maximum Gasteiger partial charge on any atom is 0.193 e. The molecule has 2 aromatic carbocycles. The van der Waals surface area contributed by atoms with Crippen LogP contribution in [0.5, 0.6) is 0 Å². The van der Waals surface area contributed by atoms with Crippen LogP contribution in [0.2, 0.25) is 0 Å². The van der Waals surface area contributed by atoms with Crippen LogP contribution in [0.4, 0.5) is 5.69 Å². The predicted octanol–water partition coefficient (Wildman–Crippen LogP) is 3.45. The standard InChI is InChI=1S/C24H32N4O2S.HI/c1-24(2)18-28(14-15-31(24,29)30)23(25-3)26-16-19-8-10-20(11-9-19)17-27-13-12-21-6-4-5-7-22(21)27;/h4-11H,12-18H2,1-3H3,(H,25,26);1H. The number of aliphatic imine (C=N–C) groups is 1. The predicted molar refractivity (Wildman–Crippen MR) is 143 cm³/mol. The van der Waals surface area contributed by atoms with E-state index in [1.165, 1.54) is 22.4 Å². The molecule has 0 unspecified atom stereocenters. The highest BCUT2D eigenvalue weighted by Crippen LogP contribution is 2.29. The smallest absolute Gasteiger partial charge is 0.193 e. The number of fused-ring (bicyclic) bond motifs is 1. The first-order valence-corrected chi connectivity index (χ1v) is 12.5. The van der Waals surface area contributed by atoms with Gasteiger partial charge in [0.15, 0.2) is 15.8 Å². The number of hydrogen-bond donors (Lipinski definition) is 1. The summed E-state index contributed by atoms with van der Waals surface area (Å²) in [6, 6.07) is 17.3. The number of nitrogens with one attached hydrogen (secondary N) is 1. The lowest BCUT2D eigenvalue weighted by Gasteiger charge is -2.39. The fraction of sp³-hybridized carbons (Fsp3) is 0.458. The van der Waals surface area contributed by atoms with Crippen LogP contribution in [0.25, 0.3) is 0 Å². The summed E-state index contributed by atoms with van der Waals surface area (Å²) >= 11 is 0. The van der Waals surface area contributed by atoms with E-state index in [0.29, 0.717) is 19.6 Å². The zero-order valence-corrected chi connectivity index (χ0v) is 22.2. The molecule has 32 heavy (non-hydrogen) atoms. The molecule has 8 heteroatoms. The number of rotatable bonds is 4. The van der Waals surface area contributed by atoms with Crippen molar-refractivity contribution in [2.75, 3.05) is 37.3 Å². The van der Waals surface area contributed by atoms with E-state index in [1.807, 2.05) is 4.90 Å². The van der Waals surface area contributed by atoms with Gasteiger partial charge in [-0.2, -0.15) is 0 Å². The number of hydrogen-bond acceptors (Lipinski definition) is 4. The molecule has 2 aliphatic heterocycles. The third kappa shape index (κ3) is 5.22. The van der Waals surface area contributed by atoms with Crippen molar-refractivity contribution in [2.45, 2.75) is 38.1 Å². The molecule has 1 N–H and O–H groups in total. The van der Waals surface area contributed by atoms with E-state index in [-0.39, 0.29) is 29.7 Å². The van der Waals surface area contributed by atoms with E-state index < -0.39 is 14.6 Å². The SMILES string of the molecule is CN=C(NCc1ccc(CN2CCc3ccccc32)cc1)N1CCS(=O)(=O)C(C)(C)C1.I. The molecular formula is C24H33IN4O2S. The van der Waals surface area contributed by atoms with Crippen LogP contribution in [-0.4, -0.2) is 56.5 Å². The molecule has 1 saturated heterocycles. The third-order valence-corrected chi connectivity index (χ3v) is 8.92. The molecule has 0 radical (unpaired) electrons. The summed E-state index contributed by atoms with van der Waals surface area (Å²) in [7, 11) is -1.32. The first-order chi connectivity index (χ1) is 14.8. The number of halogens is 1. The van der Waals surface area contributed by atoms with Crippen molar-refractivity contribution in [1.29, 1.82) is 0 Å². The van der Waals surface area contributed by atoms with Crippen molar-refractivity contribution in [3.8, 4) is 0 Å². The average Bonchev–Trinajstić information content (AvgIpc) is 3.15. The van der Waals surface area contributed by atoms with Crippen LogP contribution >= 0.6 is 24.0 Å². The van der Waals surface area contributed by atoms with Crippen molar-refractivity contribution in [2.24, 2.45) is 4.99 Å². The average molecular weight is 569 g/mol. The highest BCUT2D eigenvalue weighted by molar-refractivity contribution is 14.0. The Hall–Kier alpha value is -1.81. The maximum atomic E-state index is 12.3. The van der Waals surface area contributed by atoms with Gasteiger partial charge in [0.2, 0.25) is 0 Å². The molecule has 2 aromatic rings. The van der Waals surface area contributed by atoms with Gasteiger partial charge < -0.3 is 15.1 Å². The first kappa shape index (κ1) is 24.8. The fourth-order valence-electron chi connectivity index (χ4n) is 4.39. The second-order valence-electron chi connectivity index (χ2n) is 9.02. The monoisotopic (exact) mass is 568 g/mol. The van der Waals surface area contributed by atoms with Gasteiger partial charge in [-0.3, -0.25) is 4.99 Å². The second-order valence-corrected chi connectivity index (χ2v) is 11.8. The molecule has 4 rings (SSSR count). The van der Waals surface area contributed by atoms with E-state index in [2.05, 4.69) is 63.7 Å². The molecule has 0 aliphatic carbocycles. The van der Waals surface area contributed by atoms with Crippen LogP contribution in [0.15, 0.2) is 53.5 Å². The Bertz CT molecular complexity index is 1070. The molecular weight excluding hydrogens is 535 g/mol. The second kappa shape index (κ2) is 9.99. The summed E-state index contributed by atoms with van der Waals surface area (Å²) in [5.41, 5.74) is 5.26. The van der Waals surface area contributed by atoms with Crippen molar-refractivity contribution >= 4 is 45.5 Å². The van der Waals surface area contributed by atoms with Crippen LogP contribution in [-0.2, 0) is 29.3 Å². The summed E-state index contributed by atoms with van der Waals surface area (Å²) in [6.45, 7) is 7.15. The largest absolute Gasteiger partial charge is 0.367 e. The zero-order chi connectivity index (χ0) is 22.1. The van der Waals surface area contributed by atoms with Crippen LogP contribution in [0.3, 0.4) is 0 Å². The van der Waals surface area contributed by atoms with Gasteiger partial charge in [0.1, 0.15) is 0 Å². The van der Waals surface area contributed by atoms with E-state index in [1.54, 1.807) is 20.9 Å². The van der Waals surface area contributed by atoms with Gasteiger partial charge in [0.25, 0.3) is 0 Å². The van der Waals surface area contributed by atoms with Gasteiger partial charge in [-0.25, -0.2) is 8.42 Å². The molecule has 6 nitrogen and oxygen atoms in total. The quantitative estimate of drug-likeness (QED) is 0.348. The molecule has 2 heterocycles. The minimum Gasteiger partial charge on any atom is -0.367 e. The number of anilines is 1. The first-order valence-electron chi connectivity index (χ1n) is 10.9. The van der Waals surface area contributed by atoms with E-state index in [0.717, 1.165) is 25.5 Å². The lowest BCUT2D eigenvalue weighted by Crippen LogP contribution is -2.57. The number of nitrogens with zero attached hydrogens (tertiary/aromatic N) is 3. The molecule has 0 amide bonds. The Morgan fingerprint density at radius 2 is 1.75 bits per heavy atom. The number of sulfone groups is 1. The minimum atomic E-state index is -3.06. The Balaban J connectivity index is 0.00000289. The Morgan fingerprint density at radius 3 is 2.44 bits per heavy atom. The summed E-state index contributed by atoms with van der Waals surface area (Å²) in [6.07, 6.45) is 1.12. The minimum absolute atomic E-state index is 0. The van der Waals surface area contributed by atoms with E-state index >= 15 is 0 Å². The summed E-state index contributed by atoms with van der Waals surface area (Å²) in [5.74, 6) is 0.912. The lowest BCUT2D eigenvalue weighted by molar-refractivity contribution is 0.353. The van der Waals surface area contributed by atoms with E-state index in [9.17, 15) is 8.42 Å². The molecule has 0 atom stereocenters. The van der Waals surface area contributed by atoms with Gasteiger partial charge >= 0.3 is 0 Å². The highest BCUT2D eigenvalue weighted by atomic mass is 127. The van der Waals surface area contributed by atoms with Crippen molar-refractivity contribution in [1.82, 2.24) is 10.2 Å². The van der Waals surface area contributed by atoms with Gasteiger partial charge in [-0.05, 0) is 43.0 Å². The van der Waals surface area contributed by atoms with E-state index in [4.69, 9.17) is 0 Å². The molecule has 174 valence electrons. The Labute approximate surface area is 209 Å².